The first-order chi connectivity index (χ1) is 8.85. The Kier molecular flexibility index (Phi) is 5.93. The number of hydrogen-bond acceptors (Lipinski definition) is 3. The van der Waals surface area contributed by atoms with Crippen molar-refractivity contribution in [3.63, 3.8) is 0 Å². The van der Waals surface area contributed by atoms with Crippen molar-refractivity contribution in [1.82, 2.24) is 5.32 Å². The topological polar surface area (TPSA) is 30.5 Å². The van der Waals surface area contributed by atoms with Crippen LogP contribution in [0.3, 0.4) is 0 Å². The van der Waals surface area contributed by atoms with Gasteiger partial charge in [-0.15, -0.1) is 0 Å². The van der Waals surface area contributed by atoms with Crippen LogP contribution in [0, 0.1) is 0 Å². The minimum atomic E-state index is 0.288. The summed E-state index contributed by atoms with van der Waals surface area (Å²) in [6, 6.07) is 0. The molecule has 0 bridgehead atoms. The largest absolute Gasteiger partial charge is 0.381 e. The van der Waals surface area contributed by atoms with E-state index in [0.717, 1.165) is 39.1 Å². The van der Waals surface area contributed by atoms with Gasteiger partial charge in [0.15, 0.2) is 0 Å². The minimum absolute atomic E-state index is 0.288. The van der Waals surface area contributed by atoms with E-state index in [9.17, 15) is 0 Å². The first-order valence-electron chi connectivity index (χ1n) is 7.81. The van der Waals surface area contributed by atoms with Crippen LogP contribution in [-0.4, -0.2) is 38.0 Å². The molecule has 3 heteroatoms. The molecule has 1 heterocycles. The summed E-state index contributed by atoms with van der Waals surface area (Å²) in [5.74, 6) is 0. The van der Waals surface area contributed by atoms with E-state index >= 15 is 0 Å². The second-order valence-electron chi connectivity index (χ2n) is 5.84. The minimum Gasteiger partial charge on any atom is -0.381 e. The number of ether oxygens (including phenoxy) is 2. The zero-order valence-electron chi connectivity index (χ0n) is 11.9. The van der Waals surface area contributed by atoms with Gasteiger partial charge < -0.3 is 14.8 Å². The SMILES string of the molecule is CCCOCCCNCC1CCC2(CCCC2)O1. The summed E-state index contributed by atoms with van der Waals surface area (Å²) in [5, 5.41) is 3.51. The molecular formula is C15H29NO2. The quantitative estimate of drug-likeness (QED) is 0.677. The third-order valence-electron chi connectivity index (χ3n) is 4.22. The lowest BCUT2D eigenvalue weighted by molar-refractivity contribution is -0.0351. The molecule has 0 aromatic rings. The van der Waals surface area contributed by atoms with Gasteiger partial charge in [0, 0.05) is 19.8 Å². The second kappa shape index (κ2) is 7.46. The van der Waals surface area contributed by atoms with Crippen LogP contribution in [-0.2, 0) is 9.47 Å². The van der Waals surface area contributed by atoms with Gasteiger partial charge in [0.2, 0.25) is 0 Å². The van der Waals surface area contributed by atoms with Crippen molar-refractivity contribution in [1.29, 1.82) is 0 Å². The predicted molar refractivity (Wildman–Crippen MR) is 73.9 cm³/mol. The molecule has 3 nitrogen and oxygen atoms in total. The van der Waals surface area contributed by atoms with Gasteiger partial charge >= 0.3 is 0 Å². The molecule has 1 spiro atoms. The summed E-state index contributed by atoms with van der Waals surface area (Å²) >= 11 is 0. The molecule has 18 heavy (non-hydrogen) atoms. The van der Waals surface area contributed by atoms with Crippen LogP contribution < -0.4 is 5.32 Å². The second-order valence-corrected chi connectivity index (χ2v) is 5.84. The van der Waals surface area contributed by atoms with Gasteiger partial charge in [-0.25, -0.2) is 0 Å². The van der Waals surface area contributed by atoms with Crippen LogP contribution >= 0.6 is 0 Å². The lowest BCUT2D eigenvalue weighted by Crippen LogP contribution is -2.31. The Hall–Kier alpha value is -0.120. The van der Waals surface area contributed by atoms with Gasteiger partial charge in [-0.2, -0.15) is 0 Å². The van der Waals surface area contributed by atoms with E-state index in [-0.39, 0.29) is 5.60 Å². The zero-order valence-corrected chi connectivity index (χ0v) is 11.9. The third-order valence-corrected chi connectivity index (χ3v) is 4.22. The van der Waals surface area contributed by atoms with Gasteiger partial charge in [0.1, 0.15) is 0 Å². The lowest BCUT2D eigenvalue weighted by Gasteiger charge is -2.23. The summed E-state index contributed by atoms with van der Waals surface area (Å²) < 4.78 is 11.7. The molecule has 106 valence electrons. The standard InChI is InChI=1S/C15H29NO2/c1-2-11-17-12-5-10-16-13-14-6-9-15(18-14)7-3-4-8-15/h14,16H,2-13H2,1H3. The Labute approximate surface area is 112 Å². The van der Waals surface area contributed by atoms with E-state index in [1.807, 2.05) is 0 Å². The molecule has 1 aliphatic heterocycles. The van der Waals surface area contributed by atoms with E-state index < -0.39 is 0 Å². The van der Waals surface area contributed by atoms with Crippen LogP contribution in [0.15, 0.2) is 0 Å². The average Bonchev–Trinajstić information content (AvgIpc) is 3.00. The van der Waals surface area contributed by atoms with Crippen molar-refractivity contribution in [2.24, 2.45) is 0 Å². The van der Waals surface area contributed by atoms with Crippen molar-refractivity contribution in [3.05, 3.63) is 0 Å². The van der Waals surface area contributed by atoms with E-state index in [4.69, 9.17) is 9.47 Å². The fourth-order valence-electron chi connectivity index (χ4n) is 3.24. The molecule has 0 radical (unpaired) electrons. The smallest absolute Gasteiger partial charge is 0.0708 e. The van der Waals surface area contributed by atoms with Crippen LogP contribution in [0.25, 0.3) is 0 Å². The average molecular weight is 255 g/mol. The first-order valence-corrected chi connectivity index (χ1v) is 7.81. The fraction of sp³-hybridized carbons (Fsp3) is 1.00. The summed E-state index contributed by atoms with van der Waals surface area (Å²) in [5.41, 5.74) is 0.288. The normalized spacial score (nSPS) is 26.2. The van der Waals surface area contributed by atoms with Crippen LogP contribution in [0.1, 0.15) is 58.3 Å². The van der Waals surface area contributed by atoms with Crippen LogP contribution in [0.4, 0.5) is 0 Å². The maximum absolute atomic E-state index is 6.26. The Morgan fingerprint density at radius 3 is 2.83 bits per heavy atom. The molecule has 0 amide bonds. The highest BCUT2D eigenvalue weighted by Crippen LogP contribution is 2.43. The van der Waals surface area contributed by atoms with Crippen LogP contribution in [0.2, 0.25) is 0 Å². The zero-order chi connectivity index (χ0) is 12.7. The maximum atomic E-state index is 6.26. The first kappa shape index (κ1) is 14.3. The third kappa shape index (κ3) is 4.22. The van der Waals surface area contributed by atoms with Gasteiger partial charge in [-0.1, -0.05) is 19.8 Å². The predicted octanol–water partition coefficient (Wildman–Crippen LogP) is 2.88. The molecule has 1 aliphatic carbocycles. The molecule has 2 aliphatic rings. The van der Waals surface area contributed by atoms with Crippen molar-refractivity contribution in [3.8, 4) is 0 Å². The Bertz CT molecular complexity index is 227. The van der Waals surface area contributed by atoms with Crippen molar-refractivity contribution in [2.45, 2.75) is 70.0 Å². The summed E-state index contributed by atoms with van der Waals surface area (Å²) in [7, 11) is 0. The Balaban J connectivity index is 1.48. The van der Waals surface area contributed by atoms with Crippen molar-refractivity contribution < 1.29 is 9.47 Å². The summed E-state index contributed by atoms with van der Waals surface area (Å²) in [4.78, 5) is 0. The number of hydrogen-bond donors (Lipinski definition) is 1. The molecule has 1 saturated heterocycles. The Morgan fingerprint density at radius 1 is 1.22 bits per heavy atom. The van der Waals surface area contributed by atoms with Gasteiger partial charge in [-0.3, -0.25) is 0 Å². The lowest BCUT2D eigenvalue weighted by atomic mass is 9.98. The van der Waals surface area contributed by atoms with E-state index in [1.54, 1.807) is 0 Å². The molecule has 2 fully saturated rings. The molecular weight excluding hydrogens is 226 g/mol. The summed E-state index contributed by atoms with van der Waals surface area (Å²) in [6.07, 6.45) is 10.6. The van der Waals surface area contributed by atoms with E-state index in [1.165, 1.54) is 38.5 Å². The summed E-state index contributed by atoms with van der Waals surface area (Å²) in [6.45, 7) is 6.01. The van der Waals surface area contributed by atoms with Crippen molar-refractivity contribution in [2.75, 3.05) is 26.3 Å². The molecule has 1 unspecified atom stereocenters. The highest BCUT2D eigenvalue weighted by atomic mass is 16.5. The molecule has 2 rings (SSSR count). The highest BCUT2D eigenvalue weighted by Gasteiger charge is 2.41. The van der Waals surface area contributed by atoms with Gasteiger partial charge in [0.25, 0.3) is 0 Å². The van der Waals surface area contributed by atoms with Crippen molar-refractivity contribution >= 4 is 0 Å². The monoisotopic (exact) mass is 255 g/mol. The highest BCUT2D eigenvalue weighted by molar-refractivity contribution is 4.93. The Morgan fingerprint density at radius 2 is 2.06 bits per heavy atom. The molecule has 1 saturated carbocycles. The molecule has 1 atom stereocenters. The molecule has 0 aromatic carbocycles. The van der Waals surface area contributed by atoms with E-state index in [2.05, 4.69) is 12.2 Å². The van der Waals surface area contributed by atoms with Gasteiger partial charge in [0.05, 0.1) is 11.7 Å². The van der Waals surface area contributed by atoms with E-state index in [0.29, 0.717) is 6.10 Å². The maximum Gasteiger partial charge on any atom is 0.0708 e. The van der Waals surface area contributed by atoms with Crippen LogP contribution in [0.5, 0.6) is 0 Å². The van der Waals surface area contributed by atoms with Gasteiger partial charge in [-0.05, 0) is 45.1 Å². The molecule has 0 aromatic heterocycles. The number of nitrogens with one attached hydrogen (secondary N) is 1. The fourth-order valence-corrected chi connectivity index (χ4v) is 3.24. The number of rotatable bonds is 8. The molecule has 1 N–H and O–H groups in total.